The monoisotopic (exact) mass is 592 g/mol. The molecule has 0 bridgehead atoms. The lowest BCUT2D eigenvalue weighted by molar-refractivity contribution is -0.143. The fraction of sp³-hybridized carbons (Fsp3) is 0.583. The predicted octanol–water partition coefficient (Wildman–Crippen LogP) is 7.96. The van der Waals surface area contributed by atoms with Crippen molar-refractivity contribution in [3.05, 3.63) is 40.7 Å². The van der Waals surface area contributed by atoms with Crippen molar-refractivity contribution < 1.29 is 54.0 Å². The molecule has 0 heterocycles. The summed E-state index contributed by atoms with van der Waals surface area (Å²) in [6, 6.07) is 0. The molecule has 0 fully saturated rings. The molecule has 1 aromatic carbocycles. The van der Waals surface area contributed by atoms with Gasteiger partial charge in [-0.2, -0.15) is 13.2 Å². The third-order valence-corrected chi connectivity index (χ3v) is 6.88. The fourth-order valence-corrected chi connectivity index (χ4v) is 4.60. The standard InChI is InChI=1S/C24H32F7N2O5P/c1-8-36-39(35,37-9-2)12-10-11-22(4,5)13-14(3)33-38-23(6,7)21(34)32-20-18(27)16(25)15(24(29,30)31)17(26)19(20)28/h10,12H,8-9,11,13H2,1-7H3,(H,32,34)/b12-10+,33-14+. The zero-order chi connectivity index (χ0) is 30.4. The molecule has 222 valence electrons. The summed E-state index contributed by atoms with van der Waals surface area (Å²) in [6.07, 6.45) is -3.36. The molecular formula is C24H32F7N2O5P. The first-order valence-electron chi connectivity index (χ1n) is 11.7. The Balaban J connectivity index is 2.98. The fourth-order valence-electron chi connectivity index (χ4n) is 3.27. The molecule has 0 radical (unpaired) electrons. The number of benzene rings is 1. The van der Waals surface area contributed by atoms with Crippen LogP contribution in [-0.2, 0) is 29.4 Å². The minimum atomic E-state index is -5.72. The summed E-state index contributed by atoms with van der Waals surface area (Å²) in [5, 5.41) is 5.35. The highest BCUT2D eigenvalue weighted by Gasteiger charge is 2.43. The largest absolute Gasteiger partial charge is 0.422 e. The maximum Gasteiger partial charge on any atom is 0.422 e. The van der Waals surface area contributed by atoms with Crippen LogP contribution in [0, 0.1) is 28.7 Å². The summed E-state index contributed by atoms with van der Waals surface area (Å²) in [6.45, 7) is 11.2. The first kappa shape index (κ1) is 34.6. The van der Waals surface area contributed by atoms with Crippen molar-refractivity contribution in [3.63, 3.8) is 0 Å². The third-order valence-electron chi connectivity index (χ3n) is 5.07. The molecule has 1 amide bonds. The Labute approximate surface area is 222 Å². The van der Waals surface area contributed by atoms with Crippen LogP contribution in [0.4, 0.5) is 36.4 Å². The maximum absolute atomic E-state index is 14.1. The molecule has 1 aromatic rings. The number of hydrogen-bond acceptors (Lipinski definition) is 6. The quantitative estimate of drug-likeness (QED) is 0.0826. The van der Waals surface area contributed by atoms with E-state index in [-0.39, 0.29) is 13.2 Å². The van der Waals surface area contributed by atoms with Crippen LogP contribution in [0.2, 0.25) is 0 Å². The number of carbonyl (C=O) groups excluding carboxylic acids is 1. The Morgan fingerprint density at radius 2 is 1.44 bits per heavy atom. The van der Waals surface area contributed by atoms with Crippen LogP contribution in [-0.4, -0.2) is 30.4 Å². The Bertz CT molecular complexity index is 1110. The van der Waals surface area contributed by atoms with Gasteiger partial charge in [0.1, 0.15) is 11.3 Å². The highest BCUT2D eigenvalue weighted by atomic mass is 31.2. The van der Waals surface area contributed by atoms with Crippen LogP contribution in [0.15, 0.2) is 17.0 Å². The van der Waals surface area contributed by atoms with Crippen LogP contribution in [0.5, 0.6) is 0 Å². The highest BCUT2D eigenvalue weighted by Crippen LogP contribution is 2.50. The second-order valence-electron chi connectivity index (χ2n) is 9.69. The minimum Gasteiger partial charge on any atom is -0.380 e. The highest BCUT2D eigenvalue weighted by molar-refractivity contribution is 7.57. The topological polar surface area (TPSA) is 86.2 Å². The van der Waals surface area contributed by atoms with Crippen molar-refractivity contribution in [2.24, 2.45) is 10.6 Å². The Morgan fingerprint density at radius 3 is 1.87 bits per heavy atom. The molecule has 1 N–H and O–H groups in total. The van der Waals surface area contributed by atoms with Crippen molar-refractivity contribution in [3.8, 4) is 0 Å². The van der Waals surface area contributed by atoms with Gasteiger partial charge in [-0.25, -0.2) is 17.6 Å². The first-order chi connectivity index (χ1) is 17.7. The van der Waals surface area contributed by atoms with E-state index in [4.69, 9.17) is 13.9 Å². The van der Waals surface area contributed by atoms with Crippen LogP contribution in [0.25, 0.3) is 0 Å². The number of oxime groups is 1. The number of halogens is 7. The molecule has 0 spiro atoms. The van der Waals surface area contributed by atoms with E-state index in [9.17, 15) is 40.1 Å². The van der Waals surface area contributed by atoms with Crippen molar-refractivity contribution in [2.75, 3.05) is 18.5 Å². The summed E-state index contributed by atoms with van der Waals surface area (Å²) >= 11 is 0. The number of hydrogen-bond donors (Lipinski definition) is 1. The van der Waals surface area contributed by atoms with Crippen LogP contribution >= 0.6 is 7.60 Å². The van der Waals surface area contributed by atoms with Gasteiger partial charge < -0.3 is 19.2 Å². The molecule has 1 rings (SSSR count). The maximum atomic E-state index is 14.1. The van der Waals surface area contributed by atoms with E-state index in [1.165, 1.54) is 11.1 Å². The molecule has 7 nitrogen and oxygen atoms in total. The number of rotatable bonds is 13. The molecular weight excluding hydrogens is 560 g/mol. The van der Waals surface area contributed by atoms with Crippen LogP contribution in [0.3, 0.4) is 0 Å². The Morgan fingerprint density at radius 1 is 0.949 bits per heavy atom. The molecule has 39 heavy (non-hydrogen) atoms. The molecule has 0 saturated heterocycles. The van der Waals surface area contributed by atoms with Crippen molar-refractivity contribution >= 4 is 24.9 Å². The van der Waals surface area contributed by atoms with E-state index in [0.29, 0.717) is 18.6 Å². The lowest BCUT2D eigenvalue weighted by atomic mass is 9.84. The number of nitrogens with zero attached hydrogens (tertiary/aromatic N) is 1. The molecule has 0 aliphatic heterocycles. The number of alkyl halides is 3. The van der Waals surface area contributed by atoms with Gasteiger partial charge in [0.25, 0.3) is 5.91 Å². The molecule has 0 aliphatic rings. The molecule has 15 heteroatoms. The molecule has 0 aliphatic carbocycles. The summed E-state index contributed by atoms with van der Waals surface area (Å²) in [7, 11) is -3.38. The lowest BCUT2D eigenvalue weighted by Crippen LogP contribution is -2.39. The average molecular weight is 592 g/mol. The van der Waals surface area contributed by atoms with E-state index in [2.05, 4.69) is 5.16 Å². The molecule has 0 atom stereocenters. The van der Waals surface area contributed by atoms with Gasteiger partial charge in [-0.15, -0.1) is 0 Å². The van der Waals surface area contributed by atoms with E-state index >= 15 is 0 Å². The van der Waals surface area contributed by atoms with Gasteiger partial charge in [-0.05, 0) is 52.9 Å². The minimum absolute atomic E-state index is 0.194. The normalized spacial score (nSPS) is 13.7. The molecule has 0 saturated carbocycles. The van der Waals surface area contributed by atoms with E-state index in [1.54, 1.807) is 26.8 Å². The van der Waals surface area contributed by atoms with Crippen molar-refractivity contribution in [1.82, 2.24) is 0 Å². The Hall–Kier alpha value is -2.44. The van der Waals surface area contributed by atoms with Crippen LogP contribution < -0.4 is 5.32 Å². The number of allylic oxidation sites excluding steroid dienone is 1. The first-order valence-corrected chi connectivity index (χ1v) is 13.3. The zero-order valence-electron chi connectivity index (χ0n) is 22.6. The Kier molecular flexibility index (Phi) is 11.8. The predicted molar refractivity (Wildman–Crippen MR) is 131 cm³/mol. The SMILES string of the molecule is CCOP(=O)(/C=C/CC(C)(C)C/C(C)=N/OC(C)(C)C(=O)Nc1c(F)c(F)c(C(F)(F)F)c(F)c1F)OCC. The van der Waals surface area contributed by atoms with Gasteiger partial charge in [0.05, 0.1) is 18.9 Å². The van der Waals surface area contributed by atoms with Gasteiger partial charge in [0.2, 0.25) is 5.60 Å². The van der Waals surface area contributed by atoms with E-state index < -0.39 is 65.2 Å². The molecule has 0 unspecified atom stereocenters. The van der Waals surface area contributed by atoms with Crippen molar-refractivity contribution in [2.45, 2.75) is 73.1 Å². The smallest absolute Gasteiger partial charge is 0.380 e. The third kappa shape index (κ3) is 9.61. The second-order valence-corrected chi connectivity index (χ2v) is 11.6. The number of amides is 1. The van der Waals surface area contributed by atoms with E-state index in [0.717, 1.165) is 13.8 Å². The van der Waals surface area contributed by atoms with Crippen molar-refractivity contribution in [1.29, 1.82) is 0 Å². The van der Waals surface area contributed by atoms with Gasteiger partial charge in [0, 0.05) is 5.82 Å². The average Bonchev–Trinajstić information content (AvgIpc) is 2.78. The number of anilines is 1. The second kappa shape index (κ2) is 13.3. The van der Waals surface area contributed by atoms with Crippen LogP contribution in [0.1, 0.15) is 66.9 Å². The summed E-state index contributed by atoms with van der Waals surface area (Å²) < 4.78 is 117. The van der Waals surface area contributed by atoms with Gasteiger partial charge in [-0.3, -0.25) is 9.36 Å². The van der Waals surface area contributed by atoms with Gasteiger partial charge >= 0.3 is 13.8 Å². The van der Waals surface area contributed by atoms with E-state index in [1.807, 2.05) is 13.8 Å². The summed E-state index contributed by atoms with van der Waals surface area (Å²) in [5.41, 5.74) is -6.56. The molecule has 0 aromatic heterocycles. The zero-order valence-corrected chi connectivity index (χ0v) is 23.5. The summed E-state index contributed by atoms with van der Waals surface area (Å²) in [5.74, 6) is -10.3. The van der Waals surface area contributed by atoms with Gasteiger partial charge in [-0.1, -0.05) is 25.1 Å². The number of nitrogens with one attached hydrogen (secondary N) is 1. The van der Waals surface area contributed by atoms with Gasteiger partial charge in [0.15, 0.2) is 23.3 Å². The summed E-state index contributed by atoms with van der Waals surface area (Å²) in [4.78, 5) is 17.7. The lowest BCUT2D eigenvalue weighted by Gasteiger charge is -2.25. The number of carbonyl (C=O) groups is 1.